The van der Waals surface area contributed by atoms with Crippen LogP contribution in [0.5, 0.6) is 0 Å². The minimum atomic E-state index is -1.28. The van der Waals surface area contributed by atoms with E-state index in [-0.39, 0.29) is 29.3 Å². The normalized spacial score (nSPS) is 22.7. The molecule has 3 aliphatic heterocycles. The quantitative estimate of drug-likeness (QED) is 0.530. The van der Waals surface area contributed by atoms with Crippen molar-refractivity contribution in [2.75, 3.05) is 49.5 Å². The monoisotopic (exact) mass is 535 g/mol. The summed E-state index contributed by atoms with van der Waals surface area (Å²) in [6.45, 7) is 13.6. The molecule has 210 valence electrons. The van der Waals surface area contributed by atoms with Gasteiger partial charge in [-0.25, -0.2) is 14.2 Å². The lowest BCUT2D eigenvalue weighted by molar-refractivity contribution is -0.148. The molecule has 0 saturated carbocycles. The number of aromatic nitrogens is 1. The molecule has 0 radical (unpaired) electrons. The highest BCUT2D eigenvalue weighted by Crippen LogP contribution is 2.43. The molecule has 7 nitrogen and oxygen atoms in total. The van der Waals surface area contributed by atoms with Gasteiger partial charge in [0.2, 0.25) is 5.91 Å². The number of piperidine rings is 1. The molecule has 1 aromatic carbocycles. The predicted octanol–water partition coefficient (Wildman–Crippen LogP) is 5.89. The smallest absolute Gasteiger partial charge is 0.321 e. The van der Waals surface area contributed by atoms with Gasteiger partial charge in [0.1, 0.15) is 5.67 Å². The van der Waals surface area contributed by atoms with E-state index >= 15 is 0 Å². The van der Waals surface area contributed by atoms with Gasteiger partial charge in [-0.2, -0.15) is 0 Å². The van der Waals surface area contributed by atoms with Crippen LogP contribution in [0.25, 0.3) is 11.1 Å². The molecule has 4 heterocycles. The molecule has 3 amide bonds. The fourth-order valence-electron chi connectivity index (χ4n) is 6.21. The van der Waals surface area contributed by atoms with Crippen LogP contribution in [0.4, 0.5) is 20.7 Å². The fourth-order valence-corrected chi connectivity index (χ4v) is 6.21. The number of carbonyl (C=O) groups excluding carboxylic acids is 2. The summed E-state index contributed by atoms with van der Waals surface area (Å²) in [4.78, 5) is 36.6. The van der Waals surface area contributed by atoms with Gasteiger partial charge < -0.3 is 20.0 Å². The minimum Gasteiger partial charge on any atom is -0.352 e. The van der Waals surface area contributed by atoms with Crippen molar-refractivity contribution in [2.24, 2.45) is 10.8 Å². The topological polar surface area (TPSA) is 68.8 Å². The molecule has 5 rings (SSSR count). The number of benzene rings is 1. The molecular weight excluding hydrogens is 493 g/mol. The van der Waals surface area contributed by atoms with Crippen LogP contribution in [0.15, 0.2) is 36.5 Å². The third-order valence-corrected chi connectivity index (χ3v) is 8.52. The van der Waals surface area contributed by atoms with Crippen LogP contribution in [0.3, 0.4) is 0 Å². The number of pyridine rings is 1. The lowest BCUT2D eigenvalue weighted by atomic mass is 9.71. The maximum atomic E-state index is 14.8. The summed E-state index contributed by atoms with van der Waals surface area (Å²) in [7, 11) is 0. The van der Waals surface area contributed by atoms with Gasteiger partial charge in [0.25, 0.3) is 0 Å². The van der Waals surface area contributed by atoms with Crippen molar-refractivity contribution in [3.8, 4) is 11.1 Å². The SMILES string of the molecule is Cc1ccccc1-c1ccnc(N2CCC(C)(F)C2)c1NC(=O)N1CCC2(CC1)CN(C(=O)CC(C)(C)C)C2. The van der Waals surface area contributed by atoms with E-state index in [0.717, 1.165) is 42.6 Å². The number of nitrogens with one attached hydrogen (secondary N) is 1. The van der Waals surface area contributed by atoms with E-state index in [1.54, 1.807) is 13.1 Å². The lowest BCUT2D eigenvalue weighted by Crippen LogP contribution is -2.62. The van der Waals surface area contributed by atoms with Gasteiger partial charge in [-0.3, -0.25) is 4.79 Å². The van der Waals surface area contributed by atoms with Crippen LogP contribution >= 0.6 is 0 Å². The Morgan fingerprint density at radius 2 is 1.67 bits per heavy atom. The molecule has 3 aliphatic rings. The number of carbonyl (C=O) groups is 2. The molecule has 1 aromatic heterocycles. The molecule has 2 aromatic rings. The lowest BCUT2D eigenvalue weighted by Gasteiger charge is -2.54. The molecule has 1 spiro atoms. The number of halogens is 1. The summed E-state index contributed by atoms with van der Waals surface area (Å²) in [5.41, 5.74) is 2.46. The number of hydrogen-bond donors (Lipinski definition) is 1. The molecule has 39 heavy (non-hydrogen) atoms. The maximum absolute atomic E-state index is 14.8. The summed E-state index contributed by atoms with van der Waals surface area (Å²) in [5, 5.41) is 3.19. The van der Waals surface area contributed by atoms with Crippen LogP contribution in [0.2, 0.25) is 0 Å². The second-order valence-corrected chi connectivity index (χ2v) is 13.4. The van der Waals surface area contributed by atoms with Crippen LogP contribution in [-0.2, 0) is 4.79 Å². The van der Waals surface area contributed by atoms with E-state index in [4.69, 9.17) is 0 Å². The Hall–Kier alpha value is -3.16. The van der Waals surface area contributed by atoms with Gasteiger partial charge in [0, 0.05) is 62.7 Å². The number of urea groups is 1. The average molecular weight is 536 g/mol. The third-order valence-electron chi connectivity index (χ3n) is 8.52. The highest BCUT2D eigenvalue weighted by atomic mass is 19.1. The molecule has 1 atom stereocenters. The molecule has 1 unspecified atom stereocenters. The van der Waals surface area contributed by atoms with E-state index in [9.17, 15) is 14.0 Å². The van der Waals surface area contributed by atoms with Gasteiger partial charge in [-0.05, 0) is 49.3 Å². The Morgan fingerprint density at radius 3 is 2.28 bits per heavy atom. The largest absolute Gasteiger partial charge is 0.352 e. The average Bonchev–Trinajstić information content (AvgIpc) is 3.21. The van der Waals surface area contributed by atoms with Gasteiger partial charge in [-0.1, -0.05) is 45.0 Å². The standard InChI is InChI=1S/C31H42FN5O2/c1-22-8-6-7-9-23(22)24-10-14-33-27(36-15-11-30(5,32)19-36)26(24)34-28(39)35-16-12-31(13-17-35)20-37(21-31)25(38)18-29(2,3)4/h6-10,14H,11-13,15-21H2,1-5H3,(H,34,39). The fraction of sp³-hybridized carbons (Fsp3) is 0.581. The number of rotatable bonds is 4. The van der Waals surface area contributed by atoms with Gasteiger partial charge in [0.15, 0.2) is 5.82 Å². The zero-order valence-electron chi connectivity index (χ0n) is 24.0. The van der Waals surface area contributed by atoms with E-state index in [1.807, 2.05) is 52.0 Å². The van der Waals surface area contributed by atoms with Gasteiger partial charge in [-0.15, -0.1) is 0 Å². The van der Waals surface area contributed by atoms with Crippen LogP contribution in [-0.4, -0.2) is 71.7 Å². The third kappa shape index (κ3) is 5.89. The maximum Gasteiger partial charge on any atom is 0.321 e. The van der Waals surface area contributed by atoms with Crippen molar-refractivity contribution in [3.05, 3.63) is 42.1 Å². The Bertz CT molecular complexity index is 1240. The summed E-state index contributed by atoms with van der Waals surface area (Å²) in [6, 6.07) is 9.84. The number of likely N-dealkylation sites (tertiary alicyclic amines) is 2. The highest BCUT2D eigenvalue weighted by molar-refractivity contribution is 5.99. The first kappa shape index (κ1) is 27.4. The first-order chi connectivity index (χ1) is 18.3. The number of amides is 3. The number of nitrogens with zero attached hydrogens (tertiary/aromatic N) is 4. The van der Waals surface area contributed by atoms with Crippen molar-refractivity contribution < 1.29 is 14.0 Å². The van der Waals surface area contributed by atoms with Gasteiger partial charge >= 0.3 is 6.03 Å². The summed E-state index contributed by atoms with van der Waals surface area (Å²) in [6.07, 6.45) is 4.51. The number of aryl methyl sites for hydroxylation is 1. The molecule has 3 saturated heterocycles. The number of anilines is 2. The Kier molecular flexibility index (Phi) is 7.10. The van der Waals surface area contributed by atoms with Crippen LogP contribution in [0.1, 0.15) is 58.9 Å². The Morgan fingerprint density at radius 1 is 0.974 bits per heavy atom. The summed E-state index contributed by atoms with van der Waals surface area (Å²) < 4.78 is 14.8. The number of hydrogen-bond acceptors (Lipinski definition) is 4. The molecule has 8 heteroatoms. The molecule has 1 N–H and O–H groups in total. The van der Waals surface area contributed by atoms with Crippen molar-refractivity contribution in [1.82, 2.24) is 14.8 Å². The molecule has 3 fully saturated rings. The molecular formula is C31H42FN5O2. The van der Waals surface area contributed by atoms with Crippen molar-refractivity contribution in [3.63, 3.8) is 0 Å². The predicted molar refractivity (Wildman–Crippen MR) is 154 cm³/mol. The zero-order chi connectivity index (χ0) is 28.0. The summed E-state index contributed by atoms with van der Waals surface area (Å²) >= 11 is 0. The van der Waals surface area contributed by atoms with E-state index in [2.05, 4.69) is 31.1 Å². The Labute approximate surface area is 231 Å². The van der Waals surface area contributed by atoms with Crippen LogP contribution < -0.4 is 10.2 Å². The van der Waals surface area contributed by atoms with E-state index < -0.39 is 5.67 Å². The first-order valence-electron chi connectivity index (χ1n) is 14.2. The Balaban J connectivity index is 1.30. The van der Waals surface area contributed by atoms with Crippen LogP contribution in [0, 0.1) is 17.8 Å². The van der Waals surface area contributed by atoms with E-state index in [1.165, 1.54) is 0 Å². The molecule has 0 bridgehead atoms. The van der Waals surface area contributed by atoms with E-state index in [0.29, 0.717) is 44.0 Å². The zero-order valence-corrected chi connectivity index (χ0v) is 24.0. The van der Waals surface area contributed by atoms with Crippen molar-refractivity contribution in [1.29, 1.82) is 0 Å². The van der Waals surface area contributed by atoms with Crippen molar-refractivity contribution >= 4 is 23.4 Å². The first-order valence-corrected chi connectivity index (χ1v) is 14.2. The van der Waals surface area contributed by atoms with Gasteiger partial charge in [0.05, 0.1) is 12.2 Å². The second kappa shape index (κ2) is 10.1. The minimum absolute atomic E-state index is 0.0124. The second-order valence-electron chi connectivity index (χ2n) is 13.4. The van der Waals surface area contributed by atoms with Crippen molar-refractivity contribution in [2.45, 2.75) is 66.0 Å². The summed E-state index contributed by atoms with van der Waals surface area (Å²) in [5.74, 6) is 0.846. The number of alkyl halides is 1. The molecule has 0 aliphatic carbocycles. The highest BCUT2D eigenvalue weighted by Gasteiger charge is 2.47.